The van der Waals surface area contributed by atoms with E-state index in [9.17, 15) is 0 Å². The molecule has 0 unspecified atom stereocenters. The van der Waals surface area contributed by atoms with Crippen LogP contribution in [0.1, 0.15) is 65.5 Å². The van der Waals surface area contributed by atoms with Gasteiger partial charge in [-0.05, 0) is 0 Å². The quantitative estimate of drug-likeness (QED) is 0.520. The third-order valence-electron chi connectivity index (χ3n) is 2.42. The Hall–Kier alpha value is 0.758. The van der Waals surface area contributed by atoms with E-state index in [2.05, 4.69) is 55.8 Å². The molecule has 0 aliphatic heterocycles. The zero-order valence-corrected chi connectivity index (χ0v) is 15.0. The van der Waals surface area contributed by atoms with Gasteiger partial charge in [-0.15, -0.1) is 0 Å². The van der Waals surface area contributed by atoms with E-state index in [0.29, 0.717) is 11.8 Å². The van der Waals surface area contributed by atoms with Gasteiger partial charge < -0.3 is 0 Å². The summed E-state index contributed by atoms with van der Waals surface area (Å²) in [5, 5.41) is 0. The molecule has 0 fully saturated rings. The molecule has 0 aromatic heterocycles. The van der Waals surface area contributed by atoms with Crippen molar-refractivity contribution in [2.75, 3.05) is 0 Å². The van der Waals surface area contributed by atoms with Gasteiger partial charge >= 0.3 is 125 Å². The van der Waals surface area contributed by atoms with E-state index in [1.165, 1.54) is 15.6 Å². The van der Waals surface area contributed by atoms with Gasteiger partial charge in [0.2, 0.25) is 0 Å². The van der Waals surface area contributed by atoms with Crippen LogP contribution in [0, 0.1) is 0 Å². The van der Waals surface area contributed by atoms with Gasteiger partial charge in [0.15, 0.2) is 0 Å². The third kappa shape index (κ3) is 5.50. The maximum absolute atomic E-state index is 5.44. The molecule has 0 heterocycles. The van der Waals surface area contributed by atoms with Crippen LogP contribution in [0.3, 0.4) is 0 Å². The second-order valence-electron chi connectivity index (χ2n) is 4.21. The van der Waals surface area contributed by atoms with Crippen LogP contribution < -0.4 is 4.46 Å². The molecule has 0 saturated heterocycles. The summed E-state index contributed by atoms with van der Waals surface area (Å²) in [4.78, 5) is 1.01. The van der Waals surface area contributed by atoms with Gasteiger partial charge in [-0.1, -0.05) is 14.9 Å². The first-order valence-corrected chi connectivity index (χ1v) is 6.22. The largest absolute Gasteiger partial charge is 2.00 e. The van der Waals surface area contributed by atoms with Crippen LogP contribution in [-0.4, -0.2) is 39.9 Å². The van der Waals surface area contributed by atoms with Crippen LogP contribution in [0.5, 0.6) is 0 Å². The Labute approximate surface area is 139 Å². The second-order valence-corrected chi connectivity index (χ2v) is 5.48. The minimum Gasteiger partial charge on any atom is 2.00 e. The first kappa shape index (κ1) is 22.9. The molecule has 1 aromatic rings. The van der Waals surface area contributed by atoms with Crippen molar-refractivity contribution in [2.24, 2.45) is 0 Å². The van der Waals surface area contributed by atoms with E-state index < -0.39 is 0 Å². The molecule has 3 heteroatoms. The summed E-state index contributed by atoms with van der Waals surface area (Å²) in [6.07, 6.45) is 0. The van der Waals surface area contributed by atoms with Gasteiger partial charge in [0, 0.05) is 0 Å². The summed E-state index contributed by atoms with van der Waals surface area (Å²) >= 11 is 8.56. The summed E-state index contributed by atoms with van der Waals surface area (Å²) in [5.41, 5.74) is 2.61. The Morgan fingerprint density at radius 3 is 1.65 bits per heavy atom. The summed E-state index contributed by atoms with van der Waals surface area (Å²) in [6, 6.07) is 4.37. The van der Waals surface area contributed by atoms with Gasteiger partial charge in [-0.25, -0.2) is 0 Å². The Kier molecular flexibility index (Phi) is 13.0. The van der Waals surface area contributed by atoms with Crippen molar-refractivity contribution in [3.05, 3.63) is 23.3 Å². The molecule has 1 aromatic carbocycles. The molecule has 0 N–H and O–H groups in total. The molecule has 0 aliphatic carbocycles. The minimum absolute atomic E-state index is 0. The van der Waals surface area contributed by atoms with E-state index in [1.807, 2.05) is 0 Å². The molecule has 0 aliphatic rings. The van der Waals surface area contributed by atoms with E-state index in [4.69, 9.17) is 12.6 Å². The predicted octanol–water partition coefficient (Wildman–Crippen LogP) is 3.52. The first-order chi connectivity index (χ1) is 6.45. The van der Waals surface area contributed by atoms with Crippen molar-refractivity contribution >= 4 is 57.0 Å². The molecule has 0 spiro atoms. The maximum Gasteiger partial charge on any atom is 2.00 e. The number of hydrogen-bond acceptors (Lipinski definition) is 1. The first-order valence-electron chi connectivity index (χ1n) is 4.96. The molecule has 1 rings (SSSR count). The number of benzene rings is 1. The molecule has 0 atom stereocenters. The normalized spacial score (nSPS) is 9.29. The molecule has 0 saturated carbocycles. The van der Waals surface area contributed by atoms with Crippen LogP contribution in [0.15, 0.2) is 17.0 Å². The summed E-state index contributed by atoms with van der Waals surface area (Å²) in [5.74, 6) is 1.05. The van der Waals surface area contributed by atoms with Crippen molar-refractivity contribution < 1.29 is 0 Å². The van der Waals surface area contributed by atoms with Crippen LogP contribution >= 0.6 is 0 Å². The van der Waals surface area contributed by atoms with Crippen molar-refractivity contribution in [1.29, 1.82) is 0 Å². The SMILES string of the molecule is C.C.CC(C)c1ccc(C(C)C)c([Se-])c1[S-].[Sn+2]. The molecule has 0 amide bonds. The van der Waals surface area contributed by atoms with Crippen molar-refractivity contribution in [2.45, 2.75) is 59.3 Å². The molecule has 0 bridgehead atoms. The van der Waals surface area contributed by atoms with E-state index in [0.717, 1.165) is 4.90 Å². The zero-order valence-electron chi connectivity index (χ0n) is 9.63. The van der Waals surface area contributed by atoms with E-state index in [-0.39, 0.29) is 38.8 Å². The molecular formula is C14H24SSeSn. The van der Waals surface area contributed by atoms with Crippen LogP contribution in [0.25, 0.3) is 0 Å². The van der Waals surface area contributed by atoms with Crippen LogP contribution in [0.2, 0.25) is 0 Å². The molecular weight excluding hydrogens is 398 g/mol. The minimum atomic E-state index is 0. The number of hydrogen-bond donors (Lipinski definition) is 0. The maximum atomic E-state index is 5.44. The van der Waals surface area contributed by atoms with Gasteiger partial charge in [0.25, 0.3) is 0 Å². The average Bonchev–Trinajstić information content (AvgIpc) is 2.08. The van der Waals surface area contributed by atoms with Gasteiger partial charge in [-0.2, -0.15) is 0 Å². The van der Waals surface area contributed by atoms with E-state index in [1.54, 1.807) is 0 Å². The zero-order chi connectivity index (χ0) is 10.9. The Morgan fingerprint density at radius 1 is 0.941 bits per heavy atom. The van der Waals surface area contributed by atoms with E-state index >= 15 is 0 Å². The summed E-state index contributed by atoms with van der Waals surface area (Å²) in [6.45, 7) is 8.75. The molecule has 96 valence electrons. The van der Waals surface area contributed by atoms with Gasteiger partial charge in [-0.3, -0.25) is 0 Å². The second kappa shape index (κ2) is 9.66. The summed E-state index contributed by atoms with van der Waals surface area (Å²) in [7, 11) is 0. The fourth-order valence-corrected chi connectivity index (χ4v) is 2.81. The van der Waals surface area contributed by atoms with Crippen LogP contribution in [-0.2, 0) is 12.6 Å². The standard InChI is InChI=1S/C12H18SSe.2CH4.Sn/c1-7(2)9-5-6-10(8(3)4)12(14)11(9)13;;;/h5-8,13-14H,1-4H3;2*1H4;/q;;;+2/p-2. The summed E-state index contributed by atoms with van der Waals surface area (Å²) < 4.78 is 1.17. The van der Waals surface area contributed by atoms with Crippen molar-refractivity contribution in [1.82, 2.24) is 0 Å². The molecule has 2 radical (unpaired) electrons. The Morgan fingerprint density at radius 2 is 1.29 bits per heavy atom. The smallest absolute Gasteiger partial charge is 2.00 e. The predicted molar refractivity (Wildman–Crippen MR) is 84.9 cm³/mol. The van der Waals surface area contributed by atoms with Crippen molar-refractivity contribution in [3.63, 3.8) is 0 Å². The Bertz CT molecular complexity index is 302. The Balaban J connectivity index is -0.000000653. The monoisotopic (exact) mass is 424 g/mol. The molecule has 17 heavy (non-hydrogen) atoms. The van der Waals surface area contributed by atoms with Crippen molar-refractivity contribution in [3.8, 4) is 0 Å². The fraction of sp³-hybridized carbons (Fsp3) is 0.571. The fourth-order valence-electron chi connectivity index (χ4n) is 1.50. The van der Waals surface area contributed by atoms with Crippen LogP contribution in [0.4, 0.5) is 0 Å². The average molecular weight is 422 g/mol. The topological polar surface area (TPSA) is 0 Å². The van der Waals surface area contributed by atoms with Gasteiger partial charge in [0.05, 0.1) is 0 Å². The molecule has 0 nitrogen and oxygen atoms in total. The third-order valence-corrected chi connectivity index (χ3v) is 4.07. The number of rotatable bonds is 2. The van der Waals surface area contributed by atoms with Gasteiger partial charge in [0.1, 0.15) is 0 Å².